The van der Waals surface area contributed by atoms with E-state index >= 15 is 0 Å². The summed E-state index contributed by atoms with van der Waals surface area (Å²) in [6.07, 6.45) is 5.93. The van der Waals surface area contributed by atoms with Gasteiger partial charge < -0.3 is 10.6 Å². The van der Waals surface area contributed by atoms with Crippen LogP contribution in [0.2, 0.25) is 0 Å². The maximum atomic E-state index is 12.0. The van der Waals surface area contributed by atoms with Crippen LogP contribution in [0.15, 0.2) is 42.1 Å². The van der Waals surface area contributed by atoms with Gasteiger partial charge in [0, 0.05) is 29.4 Å². The molecule has 8 nitrogen and oxygen atoms in total. The van der Waals surface area contributed by atoms with Crippen LogP contribution in [-0.4, -0.2) is 33.0 Å². The molecule has 3 aromatic rings. The molecule has 30 heavy (non-hydrogen) atoms. The molecule has 3 heterocycles. The molecule has 2 amide bonds. The zero-order valence-corrected chi connectivity index (χ0v) is 16.6. The lowest BCUT2D eigenvalue weighted by Crippen LogP contribution is -2.19. The van der Waals surface area contributed by atoms with E-state index in [4.69, 9.17) is 4.98 Å². The molecule has 1 saturated heterocycles. The zero-order chi connectivity index (χ0) is 20.7. The zero-order valence-electron chi connectivity index (χ0n) is 16.6. The molecule has 2 aromatic heterocycles. The average molecular weight is 402 g/mol. The van der Waals surface area contributed by atoms with Crippen LogP contribution in [0, 0.1) is 12.8 Å². The van der Waals surface area contributed by atoms with Crippen molar-refractivity contribution >= 4 is 40.9 Å². The Morgan fingerprint density at radius 1 is 1.27 bits per heavy atom. The molecule has 0 spiro atoms. The van der Waals surface area contributed by atoms with Crippen LogP contribution < -0.4 is 16.0 Å². The van der Waals surface area contributed by atoms with E-state index in [2.05, 4.69) is 27.1 Å². The molecule has 0 unspecified atom stereocenters. The summed E-state index contributed by atoms with van der Waals surface area (Å²) in [5.41, 5.74) is 3.82. The number of anilines is 3. The van der Waals surface area contributed by atoms with Gasteiger partial charge in [0.05, 0.1) is 12.6 Å². The summed E-state index contributed by atoms with van der Waals surface area (Å²) >= 11 is 0. The molecule has 152 valence electrons. The van der Waals surface area contributed by atoms with Crippen molar-refractivity contribution in [3.63, 3.8) is 0 Å². The molecular weight excluding hydrogens is 380 g/mol. The standard InChI is InChI=1S/C22H22N6O2/c1-13-3-2-4-17(7-13)25-18-10-19(23-11-14-5-6-14)28-21(26-18)16(12-24-28)8-15-9-20(29)27-22(15)30/h2-4,7-8,10,12,14,23H,5-6,9,11H2,1H3,(H,25,26)(H,27,29,30)/b15-8+. The Bertz CT molecular complexity index is 1190. The molecule has 2 aliphatic rings. The first-order chi connectivity index (χ1) is 14.5. The monoisotopic (exact) mass is 402 g/mol. The maximum Gasteiger partial charge on any atom is 0.254 e. The first-order valence-electron chi connectivity index (χ1n) is 10.1. The largest absolute Gasteiger partial charge is 0.370 e. The van der Waals surface area contributed by atoms with E-state index in [0.29, 0.717) is 28.5 Å². The lowest BCUT2D eigenvalue weighted by molar-refractivity contribution is -0.124. The SMILES string of the molecule is Cc1cccc(Nc2cc(NCC3CC3)n3ncc(/C=C4\CC(=O)NC4=O)c3n2)c1. The Balaban J connectivity index is 1.55. The second kappa shape index (κ2) is 7.29. The number of carbonyl (C=O) groups is 2. The number of carbonyl (C=O) groups excluding carboxylic acids is 2. The smallest absolute Gasteiger partial charge is 0.254 e. The van der Waals surface area contributed by atoms with Gasteiger partial charge in [-0.05, 0) is 49.5 Å². The van der Waals surface area contributed by atoms with Crippen LogP contribution in [0.1, 0.15) is 30.4 Å². The van der Waals surface area contributed by atoms with E-state index in [1.807, 2.05) is 31.2 Å². The van der Waals surface area contributed by atoms with Gasteiger partial charge in [-0.3, -0.25) is 14.9 Å². The van der Waals surface area contributed by atoms with Crippen molar-refractivity contribution in [2.45, 2.75) is 26.2 Å². The van der Waals surface area contributed by atoms with Crippen molar-refractivity contribution in [1.29, 1.82) is 0 Å². The predicted molar refractivity (Wildman–Crippen MR) is 114 cm³/mol. The minimum absolute atomic E-state index is 0.0736. The topological polar surface area (TPSA) is 100 Å². The van der Waals surface area contributed by atoms with E-state index in [1.54, 1.807) is 16.8 Å². The van der Waals surface area contributed by atoms with Gasteiger partial charge in [0.1, 0.15) is 11.6 Å². The lowest BCUT2D eigenvalue weighted by atomic mass is 10.1. The predicted octanol–water partition coefficient (Wildman–Crippen LogP) is 3.03. The molecule has 0 radical (unpaired) electrons. The fourth-order valence-corrected chi connectivity index (χ4v) is 3.52. The molecule has 1 aliphatic heterocycles. The Labute approximate surface area is 173 Å². The number of nitrogens with one attached hydrogen (secondary N) is 3. The maximum absolute atomic E-state index is 12.0. The number of imide groups is 1. The summed E-state index contributed by atoms with van der Waals surface area (Å²) in [7, 11) is 0. The number of aryl methyl sites for hydroxylation is 1. The van der Waals surface area contributed by atoms with Crippen LogP contribution in [-0.2, 0) is 9.59 Å². The van der Waals surface area contributed by atoms with Crippen molar-refractivity contribution in [2.75, 3.05) is 17.2 Å². The number of nitrogens with zero attached hydrogens (tertiary/aromatic N) is 3. The van der Waals surface area contributed by atoms with Gasteiger partial charge in [-0.15, -0.1) is 0 Å². The first kappa shape index (κ1) is 18.4. The van der Waals surface area contributed by atoms with Gasteiger partial charge in [0.15, 0.2) is 5.65 Å². The van der Waals surface area contributed by atoms with Crippen molar-refractivity contribution in [1.82, 2.24) is 19.9 Å². The number of hydrogen-bond donors (Lipinski definition) is 3. The molecule has 2 fully saturated rings. The van der Waals surface area contributed by atoms with Gasteiger partial charge in [-0.2, -0.15) is 9.61 Å². The highest BCUT2D eigenvalue weighted by molar-refractivity contribution is 6.15. The summed E-state index contributed by atoms with van der Waals surface area (Å²) in [4.78, 5) is 28.2. The minimum Gasteiger partial charge on any atom is -0.370 e. The summed E-state index contributed by atoms with van der Waals surface area (Å²) < 4.78 is 1.74. The van der Waals surface area contributed by atoms with Gasteiger partial charge >= 0.3 is 0 Å². The van der Waals surface area contributed by atoms with Crippen molar-refractivity contribution in [3.8, 4) is 0 Å². The van der Waals surface area contributed by atoms with Crippen LogP contribution in [0.25, 0.3) is 11.7 Å². The molecular formula is C22H22N6O2. The van der Waals surface area contributed by atoms with E-state index in [1.165, 1.54) is 12.8 Å². The third-order valence-corrected chi connectivity index (χ3v) is 5.28. The fourth-order valence-electron chi connectivity index (χ4n) is 3.52. The third-order valence-electron chi connectivity index (χ3n) is 5.28. The number of rotatable bonds is 6. The number of amides is 2. The molecule has 0 bridgehead atoms. The van der Waals surface area contributed by atoms with Gasteiger partial charge in [0.25, 0.3) is 5.91 Å². The molecule has 5 rings (SSSR count). The van der Waals surface area contributed by atoms with Crippen LogP contribution in [0.3, 0.4) is 0 Å². The van der Waals surface area contributed by atoms with Crippen LogP contribution in [0.4, 0.5) is 17.3 Å². The molecule has 3 N–H and O–H groups in total. The third kappa shape index (κ3) is 3.76. The summed E-state index contributed by atoms with van der Waals surface area (Å²) in [6.45, 7) is 2.93. The number of benzene rings is 1. The molecule has 8 heteroatoms. The highest BCUT2D eigenvalue weighted by Crippen LogP contribution is 2.30. The molecule has 1 saturated carbocycles. The number of fused-ring (bicyclic) bond motifs is 1. The van der Waals surface area contributed by atoms with Gasteiger partial charge in [-0.25, -0.2) is 4.98 Å². The first-order valence-corrected chi connectivity index (χ1v) is 10.1. The average Bonchev–Trinajstić information content (AvgIpc) is 3.37. The fraction of sp³-hybridized carbons (Fsp3) is 0.273. The van der Waals surface area contributed by atoms with E-state index in [-0.39, 0.29) is 18.2 Å². The Morgan fingerprint density at radius 2 is 2.13 bits per heavy atom. The second-order valence-electron chi connectivity index (χ2n) is 7.90. The highest BCUT2D eigenvalue weighted by atomic mass is 16.2. The van der Waals surface area contributed by atoms with Gasteiger partial charge in [0.2, 0.25) is 5.91 Å². The lowest BCUT2D eigenvalue weighted by Gasteiger charge is -2.12. The number of aromatic nitrogens is 3. The van der Waals surface area contributed by atoms with E-state index < -0.39 is 0 Å². The summed E-state index contributed by atoms with van der Waals surface area (Å²) in [5.74, 6) is 1.56. The van der Waals surface area contributed by atoms with E-state index in [0.717, 1.165) is 23.6 Å². The van der Waals surface area contributed by atoms with Gasteiger partial charge in [-0.1, -0.05) is 12.1 Å². The van der Waals surface area contributed by atoms with Crippen molar-refractivity contribution in [3.05, 3.63) is 53.2 Å². The molecule has 1 aliphatic carbocycles. The van der Waals surface area contributed by atoms with E-state index in [9.17, 15) is 9.59 Å². The van der Waals surface area contributed by atoms with Crippen molar-refractivity contribution in [2.24, 2.45) is 5.92 Å². The molecule has 1 aromatic carbocycles. The number of hydrogen-bond acceptors (Lipinski definition) is 6. The quantitative estimate of drug-likeness (QED) is 0.433. The second-order valence-corrected chi connectivity index (χ2v) is 7.90. The summed E-state index contributed by atoms with van der Waals surface area (Å²) in [5, 5.41) is 13.6. The van der Waals surface area contributed by atoms with Crippen LogP contribution >= 0.6 is 0 Å². The normalized spacial score (nSPS) is 17.6. The Hall–Kier alpha value is -3.68. The highest BCUT2D eigenvalue weighted by Gasteiger charge is 2.25. The van der Waals surface area contributed by atoms with Crippen LogP contribution in [0.5, 0.6) is 0 Å². The minimum atomic E-state index is -0.361. The van der Waals surface area contributed by atoms with Crippen molar-refractivity contribution < 1.29 is 9.59 Å². The Morgan fingerprint density at radius 3 is 2.87 bits per heavy atom. The summed E-state index contributed by atoms with van der Waals surface area (Å²) in [6, 6.07) is 10.0. The molecule has 0 atom stereocenters. The Kier molecular flexibility index (Phi) is 4.46.